The molecule has 1 aromatic heterocycles. The van der Waals surface area contributed by atoms with Crippen molar-refractivity contribution in [1.29, 1.82) is 0 Å². The zero-order valence-electron chi connectivity index (χ0n) is 11.1. The molecule has 1 heterocycles. The van der Waals surface area contributed by atoms with E-state index in [-0.39, 0.29) is 0 Å². The number of hydrogen-bond donors (Lipinski definition) is 1. The number of anilines is 1. The maximum atomic E-state index is 5.77. The van der Waals surface area contributed by atoms with Gasteiger partial charge in [0.2, 0.25) is 0 Å². The molecule has 0 fully saturated rings. The summed E-state index contributed by atoms with van der Waals surface area (Å²) in [5.74, 6) is 1.96. The first-order chi connectivity index (χ1) is 8.51. The molecule has 1 aromatic carbocycles. The molecule has 0 atom stereocenters. The second-order valence-electron chi connectivity index (χ2n) is 4.39. The van der Waals surface area contributed by atoms with E-state index in [1.54, 1.807) is 13.2 Å². The number of rotatable bonds is 2. The van der Waals surface area contributed by atoms with Gasteiger partial charge in [-0.05, 0) is 38.0 Å². The number of benzene rings is 1. The first kappa shape index (κ1) is 12.4. The van der Waals surface area contributed by atoms with Crippen molar-refractivity contribution in [1.82, 2.24) is 9.97 Å². The molecule has 0 unspecified atom stereocenters. The fourth-order valence-electron chi connectivity index (χ4n) is 2.14. The Bertz CT molecular complexity index is 574. The second kappa shape index (κ2) is 4.64. The SMILES string of the molecule is COc1c(C)cc(C)cc1-c1cc(N)nc(C)n1. The van der Waals surface area contributed by atoms with Crippen molar-refractivity contribution < 1.29 is 4.74 Å². The Labute approximate surface area is 107 Å². The lowest BCUT2D eigenvalue weighted by Crippen LogP contribution is -1.99. The van der Waals surface area contributed by atoms with Gasteiger partial charge in [0.15, 0.2) is 0 Å². The lowest BCUT2D eigenvalue weighted by molar-refractivity contribution is 0.413. The minimum absolute atomic E-state index is 0.471. The van der Waals surface area contributed by atoms with Crippen LogP contribution < -0.4 is 10.5 Å². The number of ether oxygens (including phenoxy) is 1. The molecular weight excluding hydrogens is 226 g/mol. The average molecular weight is 243 g/mol. The van der Waals surface area contributed by atoms with Crippen molar-refractivity contribution in [2.45, 2.75) is 20.8 Å². The van der Waals surface area contributed by atoms with Gasteiger partial charge in [-0.15, -0.1) is 0 Å². The predicted molar refractivity (Wildman–Crippen MR) is 72.6 cm³/mol. The highest BCUT2D eigenvalue weighted by Gasteiger charge is 2.12. The Balaban J connectivity index is 2.69. The zero-order valence-corrected chi connectivity index (χ0v) is 11.1. The van der Waals surface area contributed by atoms with Gasteiger partial charge in [-0.25, -0.2) is 9.97 Å². The van der Waals surface area contributed by atoms with E-state index in [1.165, 1.54) is 0 Å². The Hall–Kier alpha value is -2.10. The van der Waals surface area contributed by atoms with Crippen molar-refractivity contribution in [2.24, 2.45) is 0 Å². The maximum absolute atomic E-state index is 5.77. The van der Waals surface area contributed by atoms with Crippen molar-refractivity contribution in [3.63, 3.8) is 0 Å². The smallest absolute Gasteiger partial charge is 0.131 e. The third-order valence-corrected chi connectivity index (χ3v) is 2.76. The van der Waals surface area contributed by atoms with E-state index in [2.05, 4.69) is 16.0 Å². The molecule has 0 aliphatic carbocycles. The molecule has 2 aromatic rings. The van der Waals surface area contributed by atoms with Crippen LogP contribution >= 0.6 is 0 Å². The Kier molecular flexibility index (Phi) is 3.19. The summed E-state index contributed by atoms with van der Waals surface area (Å²) in [6.07, 6.45) is 0. The van der Waals surface area contributed by atoms with Crippen LogP contribution in [-0.2, 0) is 0 Å². The monoisotopic (exact) mass is 243 g/mol. The minimum Gasteiger partial charge on any atom is -0.496 e. The van der Waals surface area contributed by atoms with Crippen LogP contribution in [0.2, 0.25) is 0 Å². The Morgan fingerprint density at radius 3 is 2.39 bits per heavy atom. The van der Waals surface area contributed by atoms with Crippen molar-refractivity contribution in [3.05, 3.63) is 35.2 Å². The number of hydrogen-bond acceptors (Lipinski definition) is 4. The number of nitrogens with zero attached hydrogens (tertiary/aromatic N) is 2. The third kappa shape index (κ3) is 2.27. The number of methoxy groups -OCH3 is 1. The summed E-state index contributed by atoms with van der Waals surface area (Å²) >= 11 is 0. The van der Waals surface area contributed by atoms with Gasteiger partial charge < -0.3 is 10.5 Å². The lowest BCUT2D eigenvalue weighted by Gasteiger charge is -2.13. The van der Waals surface area contributed by atoms with Gasteiger partial charge >= 0.3 is 0 Å². The molecule has 0 saturated carbocycles. The summed E-state index contributed by atoms with van der Waals surface area (Å²) in [6, 6.07) is 5.90. The molecule has 0 aliphatic rings. The molecule has 2 rings (SSSR count). The normalized spacial score (nSPS) is 10.4. The Morgan fingerprint density at radius 1 is 1.06 bits per heavy atom. The van der Waals surface area contributed by atoms with Crippen molar-refractivity contribution in [3.8, 4) is 17.0 Å². The van der Waals surface area contributed by atoms with E-state index in [0.29, 0.717) is 11.6 Å². The molecule has 0 radical (unpaired) electrons. The molecule has 0 amide bonds. The van der Waals surface area contributed by atoms with Gasteiger partial charge in [0.1, 0.15) is 17.4 Å². The van der Waals surface area contributed by atoms with Gasteiger partial charge in [0.25, 0.3) is 0 Å². The highest BCUT2D eigenvalue weighted by atomic mass is 16.5. The Morgan fingerprint density at radius 2 is 1.78 bits per heavy atom. The van der Waals surface area contributed by atoms with Crippen LogP contribution in [0.25, 0.3) is 11.3 Å². The van der Waals surface area contributed by atoms with E-state index < -0.39 is 0 Å². The maximum Gasteiger partial charge on any atom is 0.131 e. The molecular formula is C14H17N3O. The molecule has 94 valence electrons. The number of nitrogens with two attached hydrogens (primary N) is 1. The number of aryl methyl sites for hydroxylation is 3. The molecule has 2 N–H and O–H groups in total. The summed E-state index contributed by atoms with van der Waals surface area (Å²) in [4.78, 5) is 8.51. The van der Waals surface area contributed by atoms with E-state index in [0.717, 1.165) is 28.1 Å². The number of aromatic nitrogens is 2. The summed E-state index contributed by atoms with van der Waals surface area (Å²) in [7, 11) is 1.67. The standard InChI is InChI=1S/C14H17N3O/c1-8-5-9(2)14(18-4)11(6-8)12-7-13(15)17-10(3)16-12/h5-7H,1-4H3,(H2,15,16,17). The van der Waals surface area contributed by atoms with Gasteiger partial charge in [-0.3, -0.25) is 0 Å². The molecule has 0 bridgehead atoms. The topological polar surface area (TPSA) is 61.0 Å². The van der Waals surface area contributed by atoms with E-state index in [4.69, 9.17) is 10.5 Å². The first-order valence-corrected chi connectivity index (χ1v) is 5.78. The first-order valence-electron chi connectivity index (χ1n) is 5.78. The predicted octanol–water partition coefficient (Wildman–Crippen LogP) is 2.66. The van der Waals surface area contributed by atoms with E-state index in [1.807, 2.05) is 26.8 Å². The van der Waals surface area contributed by atoms with Crippen molar-refractivity contribution >= 4 is 5.82 Å². The highest BCUT2D eigenvalue weighted by Crippen LogP contribution is 2.33. The highest BCUT2D eigenvalue weighted by molar-refractivity contribution is 5.71. The molecule has 18 heavy (non-hydrogen) atoms. The van der Waals surface area contributed by atoms with Crippen LogP contribution in [0, 0.1) is 20.8 Å². The molecule has 4 nitrogen and oxygen atoms in total. The third-order valence-electron chi connectivity index (χ3n) is 2.76. The zero-order chi connectivity index (χ0) is 13.3. The molecule has 0 spiro atoms. The minimum atomic E-state index is 0.471. The van der Waals surface area contributed by atoms with Gasteiger partial charge in [-0.1, -0.05) is 6.07 Å². The molecule has 4 heteroatoms. The van der Waals surface area contributed by atoms with Gasteiger partial charge in [0, 0.05) is 11.6 Å². The quantitative estimate of drug-likeness (QED) is 0.880. The van der Waals surface area contributed by atoms with Crippen molar-refractivity contribution in [2.75, 3.05) is 12.8 Å². The summed E-state index contributed by atoms with van der Waals surface area (Å²) in [5, 5.41) is 0. The summed E-state index contributed by atoms with van der Waals surface area (Å²) in [5.41, 5.74) is 9.77. The fraction of sp³-hybridized carbons (Fsp3) is 0.286. The fourth-order valence-corrected chi connectivity index (χ4v) is 2.14. The van der Waals surface area contributed by atoms with Crippen LogP contribution in [-0.4, -0.2) is 17.1 Å². The second-order valence-corrected chi connectivity index (χ2v) is 4.39. The largest absolute Gasteiger partial charge is 0.496 e. The van der Waals surface area contributed by atoms with Crippen LogP contribution in [0.4, 0.5) is 5.82 Å². The summed E-state index contributed by atoms with van der Waals surface area (Å²) < 4.78 is 5.46. The molecule has 0 aliphatic heterocycles. The van der Waals surface area contributed by atoms with E-state index >= 15 is 0 Å². The van der Waals surface area contributed by atoms with Crippen LogP contribution in [0.3, 0.4) is 0 Å². The van der Waals surface area contributed by atoms with Gasteiger partial charge in [0.05, 0.1) is 12.8 Å². The molecule has 0 saturated heterocycles. The average Bonchev–Trinajstić information content (AvgIpc) is 2.26. The summed E-state index contributed by atoms with van der Waals surface area (Å²) in [6.45, 7) is 5.90. The van der Waals surface area contributed by atoms with Crippen LogP contribution in [0.5, 0.6) is 5.75 Å². The lowest BCUT2D eigenvalue weighted by atomic mass is 10.0. The van der Waals surface area contributed by atoms with Crippen LogP contribution in [0.15, 0.2) is 18.2 Å². The van der Waals surface area contributed by atoms with Gasteiger partial charge in [-0.2, -0.15) is 0 Å². The van der Waals surface area contributed by atoms with E-state index in [9.17, 15) is 0 Å². The van der Waals surface area contributed by atoms with Crippen LogP contribution in [0.1, 0.15) is 17.0 Å². The number of nitrogen functional groups attached to an aromatic ring is 1.